The van der Waals surface area contributed by atoms with Crippen LogP contribution in [0.2, 0.25) is 0 Å². The molecule has 2 atom stereocenters. The Bertz CT molecular complexity index is 994. The Morgan fingerprint density at radius 2 is 1.88 bits per heavy atom. The first kappa shape index (κ1) is 22.7. The number of nitrogens with one attached hydrogen (secondary N) is 3. The minimum atomic E-state index is -0.344. The van der Waals surface area contributed by atoms with Gasteiger partial charge in [-0.1, -0.05) is 55.1 Å². The largest absolute Gasteiger partial charge is 0.351 e. The number of hydrazone groups is 1. The lowest BCUT2D eigenvalue weighted by Gasteiger charge is -2.29. The second kappa shape index (κ2) is 10.4. The minimum Gasteiger partial charge on any atom is -0.351 e. The van der Waals surface area contributed by atoms with Crippen LogP contribution in [0.3, 0.4) is 0 Å². The summed E-state index contributed by atoms with van der Waals surface area (Å²) in [4.78, 5) is 25.9. The van der Waals surface area contributed by atoms with Crippen molar-refractivity contribution < 1.29 is 9.59 Å². The van der Waals surface area contributed by atoms with Crippen LogP contribution in [0.1, 0.15) is 36.1 Å². The number of thioether (sulfide) groups is 2. The predicted molar refractivity (Wildman–Crippen MR) is 130 cm³/mol. The van der Waals surface area contributed by atoms with Gasteiger partial charge in [-0.2, -0.15) is 0 Å². The SMILES string of the molecule is CCc1ccc(C2CC3C(=O)NN=C(SCC(=O)NCc4ccc(SC)cc4)N3N2)cc1. The highest BCUT2D eigenvalue weighted by atomic mass is 32.2. The van der Waals surface area contributed by atoms with Crippen molar-refractivity contribution in [1.29, 1.82) is 0 Å². The first-order chi connectivity index (χ1) is 15.6. The van der Waals surface area contributed by atoms with E-state index in [0.29, 0.717) is 18.1 Å². The summed E-state index contributed by atoms with van der Waals surface area (Å²) in [6.07, 6.45) is 3.68. The third-order valence-electron chi connectivity index (χ3n) is 5.61. The van der Waals surface area contributed by atoms with Crippen molar-refractivity contribution in [2.24, 2.45) is 5.10 Å². The molecule has 1 saturated heterocycles. The van der Waals surface area contributed by atoms with Gasteiger partial charge in [-0.3, -0.25) is 14.6 Å². The number of carbonyl (C=O) groups excluding carboxylic acids is 2. The lowest BCUT2D eigenvalue weighted by Crippen LogP contribution is -2.52. The maximum absolute atomic E-state index is 12.4. The Hall–Kier alpha value is -2.49. The Morgan fingerprint density at radius 3 is 2.56 bits per heavy atom. The first-order valence-corrected chi connectivity index (χ1v) is 12.8. The fourth-order valence-corrected chi connectivity index (χ4v) is 4.91. The normalized spacial score (nSPS) is 19.9. The number of nitrogens with zero attached hydrogens (tertiary/aromatic N) is 2. The van der Waals surface area contributed by atoms with Crippen molar-refractivity contribution in [1.82, 2.24) is 21.2 Å². The highest BCUT2D eigenvalue weighted by Gasteiger charge is 2.41. The number of hydrazine groups is 1. The summed E-state index contributed by atoms with van der Waals surface area (Å²) in [7, 11) is 0. The van der Waals surface area contributed by atoms with Gasteiger partial charge in [0, 0.05) is 11.4 Å². The number of fused-ring (bicyclic) bond motifs is 1. The van der Waals surface area contributed by atoms with Gasteiger partial charge in [0.2, 0.25) is 5.91 Å². The summed E-state index contributed by atoms with van der Waals surface area (Å²) in [5.41, 5.74) is 9.48. The van der Waals surface area contributed by atoms with Crippen molar-refractivity contribution in [3.63, 3.8) is 0 Å². The van der Waals surface area contributed by atoms with Gasteiger partial charge < -0.3 is 5.32 Å². The van der Waals surface area contributed by atoms with Crippen LogP contribution >= 0.6 is 23.5 Å². The highest BCUT2D eigenvalue weighted by molar-refractivity contribution is 8.14. The van der Waals surface area contributed by atoms with E-state index in [9.17, 15) is 9.59 Å². The maximum atomic E-state index is 12.4. The molecule has 2 unspecified atom stereocenters. The summed E-state index contributed by atoms with van der Waals surface area (Å²) in [5.74, 6) is 0.0110. The van der Waals surface area contributed by atoms with E-state index >= 15 is 0 Å². The molecule has 2 aliphatic heterocycles. The molecule has 9 heteroatoms. The fourth-order valence-electron chi connectivity index (χ4n) is 3.71. The van der Waals surface area contributed by atoms with Crippen molar-refractivity contribution in [3.05, 3.63) is 65.2 Å². The van der Waals surface area contributed by atoms with Gasteiger partial charge in [0.15, 0.2) is 5.17 Å². The van der Waals surface area contributed by atoms with Gasteiger partial charge in [0.1, 0.15) is 6.04 Å². The van der Waals surface area contributed by atoms with Crippen LogP contribution in [0.15, 0.2) is 58.5 Å². The second-order valence-corrected chi connectivity index (χ2v) is 9.50. The molecule has 1 fully saturated rings. The third kappa shape index (κ3) is 5.28. The van der Waals surface area contributed by atoms with Gasteiger partial charge >= 0.3 is 0 Å². The zero-order valence-corrected chi connectivity index (χ0v) is 19.8. The van der Waals surface area contributed by atoms with Crippen LogP contribution in [0.25, 0.3) is 0 Å². The molecule has 3 N–H and O–H groups in total. The zero-order chi connectivity index (χ0) is 22.5. The van der Waals surface area contributed by atoms with Gasteiger partial charge in [-0.15, -0.1) is 16.9 Å². The number of carbonyl (C=O) groups is 2. The molecule has 32 heavy (non-hydrogen) atoms. The number of rotatable bonds is 7. The minimum absolute atomic E-state index is 0.0265. The van der Waals surface area contributed by atoms with Gasteiger partial charge in [-0.05, 0) is 47.9 Å². The van der Waals surface area contributed by atoms with E-state index in [1.54, 1.807) is 16.8 Å². The molecule has 0 spiro atoms. The molecule has 0 saturated carbocycles. The van der Waals surface area contributed by atoms with E-state index in [2.05, 4.69) is 52.5 Å². The Morgan fingerprint density at radius 1 is 1.16 bits per heavy atom. The molecule has 2 amide bonds. The Labute approximate surface area is 196 Å². The number of amidine groups is 1. The van der Waals surface area contributed by atoms with Gasteiger partial charge in [-0.25, -0.2) is 10.9 Å². The van der Waals surface area contributed by atoms with E-state index in [1.807, 2.05) is 30.5 Å². The molecule has 0 aliphatic carbocycles. The number of hydrogen-bond donors (Lipinski definition) is 3. The van der Waals surface area contributed by atoms with Gasteiger partial charge in [0.05, 0.1) is 11.8 Å². The molecule has 7 nitrogen and oxygen atoms in total. The molecule has 2 heterocycles. The van der Waals surface area contributed by atoms with E-state index < -0.39 is 0 Å². The fraction of sp³-hybridized carbons (Fsp3) is 0.348. The lowest BCUT2D eigenvalue weighted by molar-refractivity contribution is -0.125. The molecular weight excluding hydrogens is 442 g/mol. The quantitative estimate of drug-likeness (QED) is 0.541. The number of hydrogen-bond acceptors (Lipinski definition) is 7. The molecule has 0 aromatic heterocycles. The summed E-state index contributed by atoms with van der Waals surface area (Å²) >= 11 is 3.00. The van der Waals surface area contributed by atoms with Crippen LogP contribution in [-0.2, 0) is 22.6 Å². The molecule has 0 bridgehead atoms. The highest BCUT2D eigenvalue weighted by Crippen LogP contribution is 2.31. The van der Waals surface area contributed by atoms with E-state index in [-0.39, 0.29) is 29.7 Å². The molecule has 4 rings (SSSR count). The summed E-state index contributed by atoms with van der Waals surface area (Å²) in [6.45, 7) is 2.61. The lowest BCUT2D eigenvalue weighted by atomic mass is 10.00. The number of aryl methyl sites for hydroxylation is 1. The topological polar surface area (TPSA) is 85.8 Å². The molecule has 0 radical (unpaired) electrons. The van der Waals surface area contributed by atoms with Crippen LogP contribution in [-0.4, -0.2) is 40.0 Å². The van der Waals surface area contributed by atoms with Crippen molar-refractivity contribution in [2.45, 2.75) is 43.3 Å². The predicted octanol–water partition coefficient (Wildman–Crippen LogP) is 3.04. The van der Waals surface area contributed by atoms with E-state index in [0.717, 1.165) is 17.5 Å². The van der Waals surface area contributed by atoms with E-state index in [4.69, 9.17) is 0 Å². The average molecular weight is 470 g/mol. The monoisotopic (exact) mass is 469 g/mol. The van der Waals surface area contributed by atoms with Crippen LogP contribution < -0.4 is 16.2 Å². The zero-order valence-electron chi connectivity index (χ0n) is 18.1. The van der Waals surface area contributed by atoms with Crippen molar-refractivity contribution in [3.8, 4) is 0 Å². The third-order valence-corrected chi connectivity index (χ3v) is 7.30. The second-order valence-electron chi connectivity index (χ2n) is 7.68. The van der Waals surface area contributed by atoms with E-state index in [1.165, 1.54) is 22.2 Å². The number of benzene rings is 2. The average Bonchev–Trinajstić information content (AvgIpc) is 3.29. The summed E-state index contributed by atoms with van der Waals surface area (Å²) in [6, 6.07) is 16.3. The number of amides is 2. The van der Waals surface area contributed by atoms with Crippen LogP contribution in [0.5, 0.6) is 0 Å². The molecule has 2 aromatic rings. The molecule has 2 aromatic carbocycles. The van der Waals surface area contributed by atoms with Crippen LogP contribution in [0.4, 0.5) is 0 Å². The molecular formula is C23H27N5O2S2. The van der Waals surface area contributed by atoms with Crippen molar-refractivity contribution in [2.75, 3.05) is 12.0 Å². The molecule has 2 aliphatic rings. The Balaban J connectivity index is 1.32. The standard InChI is InChI=1S/C23H27N5O2S2/c1-3-15-4-8-17(9-5-15)19-12-20-22(30)25-26-23(28(20)27-19)32-14-21(29)24-13-16-6-10-18(31-2)11-7-16/h4-11,19-20,27H,3,12-14H2,1-2H3,(H,24,29)(H,25,30). The maximum Gasteiger partial charge on any atom is 0.264 e. The Kier molecular flexibility index (Phi) is 7.39. The summed E-state index contributed by atoms with van der Waals surface area (Å²) < 4.78 is 0. The van der Waals surface area contributed by atoms with Crippen LogP contribution in [0, 0.1) is 0 Å². The summed E-state index contributed by atoms with van der Waals surface area (Å²) in [5, 5.41) is 9.52. The molecule has 168 valence electrons. The smallest absolute Gasteiger partial charge is 0.264 e. The van der Waals surface area contributed by atoms with Crippen molar-refractivity contribution >= 4 is 40.5 Å². The van der Waals surface area contributed by atoms with Gasteiger partial charge in [0.25, 0.3) is 5.91 Å². The first-order valence-electron chi connectivity index (χ1n) is 10.6.